The number of aliphatic hydroxyl groups is 1. The molecule has 0 saturated heterocycles. The van der Waals surface area contributed by atoms with Crippen molar-refractivity contribution >= 4 is 34.8 Å². The van der Waals surface area contributed by atoms with E-state index in [1.54, 1.807) is 36.7 Å². The lowest BCUT2D eigenvalue weighted by Crippen LogP contribution is -2.26. The van der Waals surface area contributed by atoms with Crippen LogP contribution in [0.4, 0.5) is 16.2 Å². The number of methoxy groups -OCH3 is 1. The number of anilines is 2. The highest BCUT2D eigenvalue weighted by Crippen LogP contribution is 2.45. The number of nitrogen functional groups attached to an aromatic ring is 1. The smallest absolute Gasteiger partial charge is 0.411 e. The average Bonchev–Trinajstić information content (AvgIpc) is 3.47. The zero-order valence-corrected chi connectivity index (χ0v) is 19.3. The van der Waals surface area contributed by atoms with Gasteiger partial charge >= 0.3 is 6.09 Å². The average molecular weight is 475 g/mol. The van der Waals surface area contributed by atoms with Crippen molar-refractivity contribution in [1.82, 2.24) is 4.98 Å². The first kappa shape index (κ1) is 22.1. The minimum absolute atomic E-state index is 0.518. The maximum atomic E-state index is 11.6. The third-order valence-electron chi connectivity index (χ3n) is 6.36. The fraction of sp³-hybridized carbons (Fsp3) is 0.192. The van der Waals surface area contributed by atoms with Gasteiger partial charge in [0.1, 0.15) is 5.60 Å². The molecule has 5 rings (SSSR count). The zero-order valence-electron chi connectivity index (χ0n) is 18.5. The summed E-state index contributed by atoms with van der Waals surface area (Å²) in [6.07, 6.45) is 4.72. The molecule has 1 unspecified atom stereocenters. The molecular weight excluding hydrogens is 452 g/mol. The maximum Gasteiger partial charge on any atom is 0.411 e. The third-order valence-corrected chi connectivity index (χ3v) is 6.59. The van der Waals surface area contributed by atoms with Crippen molar-refractivity contribution in [3.8, 4) is 11.1 Å². The first-order chi connectivity index (χ1) is 16.4. The number of fused-ring (bicyclic) bond motifs is 1. The summed E-state index contributed by atoms with van der Waals surface area (Å²) >= 11 is 6.16. The molecule has 0 bridgehead atoms. The van der Waals surface area contributed by atoms with Gasteiger partial charge < -0.3 is 15.6 Å². The Hall–Kier alpha value is -3.68. The highest BCUT2D eigenvalue weighted by atomic mass is 35.5. The monoisotopic (exact) mass is 474 g/mol. The molecule has 2 aliphatic rings. The second kappa shape index (κ2) is 8.59. The molecule has 4 N–H and O–H groups in total. The van der Waals surface area contributed by atoms with Crippen molar-refractivity contribution in [2.24, 2.45) is 4.99 Å². The van der Waals surface area contributed by atoms with Gasteiger partial charge in [0, 0.05) is 46.3 Å². The fourth-order valence-corrected chi connectivity index (χ4v) is 4.69. The van der Waals surface area contributed by atoms with E-state index in [-0.39, 0.29) is 0 Å². The number of aliphatic imine (C=N–C) groups is 1. The number of hydrogen-bond donors (Lipinski definition) is 3. The lowest BCUT2D eigenvalue weighted by molar-refractivity contribution is 0.0729. The number of nitrogens with zero attached hydrogens (tertiary/aromatic N) is 2. The summed E-state index contributed by atoms with van der Waals surface area (Å²) in [4.78, 5) is 20.6. The summed E-state index contributed by atoms with van der Waals surface area (Å²) in [6, 6.07) is 14.7. The van der Waals surface area contributed by atoms with E-state index in [0.29, 0.717) is 41.4 Å². The molecule has 2 aromatic carbocycles. The van der Waals surface area contributed by atoms with Crippen LogP contribution in [-0.2, 0) is 16.8 Å². The Balaban J connectivity index is 1.35. The number of aryl methyl sites for hydroxylation is 1. The summed E-state index contributed by atoms with van der Waals surface area (Å²) < 4.78 is 4.61. The molecule has 8 heteroatoms. The summed E-state index contributed by atoms with van der Waals surface area (Å²) in [7, 11) is 1.32. The molecule has 0 saturated carbocycles. The summed E-state index contributed by atoms with van der Waals surface area (Å²) in [5.74, 6) is 0. The van der Waals surface area contributed by atoms with Crippen molar-refractivity contribution in [2.75, 3.05) is 18.2 Å². The predicted octanol–water partition coefficient (Wildman–Crippen LogP) is 5.07. The number of halogens is 1. The van der Waals surface area contributed by atoms with E-state index in [0.717, 1.165) is 33.5 Å². The van der Waals surface area contributed by atoms with Gasteiger partial charge in [0.25, 0.3) is 0 Å². The number of ether oxygens (including phenoxy) is 1. The summed E-state index contributed by atoms with van der Waals surface area (Å²) in [5, 5.41) is 14.9. The van der Waals surface area contributed by atoms with E-state index < -0.39 is 11.7 Å². The maximum absolute atomic E-state index is 11.6. The molecular formula is C26H23ClN4O3. The number of benzene rings is 2. The Morgan fingerprint density at radius 3 is 2.74 bits per heavy atom. The van der Waals surface area contributed by atoms with Gasteiger partial charge in [-0.05, 0) is 65.9 Å². The van der Waals surface area contributed by atoms with Gasteiger partial charge in [-0.2, -0.15) is 0 Å². The van der Waals surface area contributed by atoms with Crippen LogP contribution in [0.1, 0.15) is 29.7 Å². The van der Waals surface area contributed by atoms with E-state index in [4.69, 9.17) is 17.3 Å². The van der Waals surface area contributed by atoms with Crippen LogP contribution >= 0.6 is 11.6 Å². The second-order valence-corrected chi connectivity index (χ2v) is 8.86. The number of carbonyl (C=O) groups is 1. The minimum atomic E-state index is -1.16. The van der Waals surface area contributed by atoms with Crippen LogP contribution in [0.25, 0.3) is 11.1 Å². The van der Waals surface area contributed by atoms with Gasteiger partial charge in [-0.25, -0.2) is 4.79 Å². The number of carbonyl (C=O) groups excluding carboxylic acids is 1. The largest absolute Gasteiger partial charge is 0.453 e. The quantitative estimate of drug-likeness (QED) is 0.457. The van der Waals surface area contributed by atoms with E-state index >= 15 is 0 Å². The van der Waals surface area contributed by atoms with Gasteiger partial charge in [0.2, 0.25) is 0 Å². The van der Waals surface area contributed by atoms with Crippen molar-refractivity contribution < 1.29 is 14.6 Å². The number of pyridine rings is 1. The van der Waals surface area contributed by atoms with Crippen LogP contribution in [0, 0.1) is 0 Å². The Morgan fingerprint density at radius 1 is 1.18 bits per heavy atom. The van der Waals surface area contributed by atoms with Gasteiger partial charge in [-0.1, -0.05) is 23.7 Å². The molecule has 1 aromatic heterocycles. The summed E-state index contributed by atoms with van der Waals surface area (Å²) in [6.45, 7) is 0. The SMILES string of the molecule is COC(=O)Nc1ccc(C2=NC=C(C3(O)CCc4cc(-c5cc(Cl)ccc5N)cnc43)C2)cc1. The van der Waals surface area contributed by atoms with Crippen LogP contribution in [0.2, 0.25) is 5.02 Å². The van der Waals surface area contributed by atoms with E-state index in [1.165, 1.54) is 7.11 Å². The van der Waals surface area contributed by atoms with Crippen molar-refractivity contribution in [1.29, 1.82) is 0 Å². The van der Waals surface area contributed by atoms with E-state index in [9.17, 15) is 9.90 Å². The van der Waals surface area contributed by atoms with E-state index in [1.807, 2.05) is 24.3 Å². The molecule has 1 amide bonds. The van der Waals surface area contributed by atoms with Gasteiger partial charge in [0.15, 0.2) is 0 Å². The highest BCUT2D eigenvalue weighted by Gasteiger charge is 2.43. The van der Waals surface area contributed by atoms with Crippen LogP contribution in [0.3, 0.4) is 0 Å². The first-order valence-electron chi connectivity index (χ1n) is 10.9. The van der Waals surface area contributed by atoms with Crippen LogP contribution in [0.5, 0.6) is 0 Å². The van der Waals surface area contributed by atoms with E-state index in [2.05, 4.69) is 20.0 Å². The molecule has 172 valence electrons. The number of nitrogens with one attached hydrogen (secondary N) is 1. The lowest BCUT2D eigenvalue weighted by atomic mass is 9.87. The molecule has 1 atom stereocenters. The Morgan fingerprint density at radius 2 is 1.97 bits per heavy atom. The number of hydrogen-bond acceptors (Lipinski definition) is 6. The molecule has 1 aliphatic carbocycles. The fourth-order valence-electron chi connectivity index (χ4n) is 4.52. The molecule has 2 heterocycles. The molecule has 3 aromatic rings. The Kier molecular flexibility index (Phi) is 5.59. The zero-order chi connectivity index (χ0) is 23.9. The Bertz CT molecular complexity index is 1350. The molecule has 7 nitrogen and oxygen atoms in total. The molecule has 0 spiro atoms. The number of aromatic nitrogens is 1. The van der Waals surface area contributed by atoms with Crippen LogP contribution in [0.15, 0.2) is 71.5 Å². The first-order valence-corrected chi connectivity index (χ1v) is 11.2. The number of amides is 1. The van der Waals surface area contributed by atoms with Crippen molar-refractivity contribution in [2.45, 2.75) is 24.9 Å². The number of rotatable bonds is 4. The summed E-state index contributed by atoms with van der Waals surface area (Å²) in [5.41, 5.74) is 12.2. The van der Waals surface area contributed by atoms with Gasteiger partial charge in [-0.15, -0.1) is 0 Å². The third kappa shape index (κ3) is 3.93. The van der Waals surface area contributed by atoms with Crippen LogP contribution < -0.4 is 11.1 Å². The molecule has 34 heavy (non-hydrogen) atoms. The highest BCUT2D eigenvalue weighted by molar-refractivity contribution is 6.31. The van der Waals surface area contributed by atoms with Gasteiger partial charge in [0.05, 0.1) is 18.5 Å². The molecule has 0 radical (unpaired) electrons. The molecule has 0 fully saturated rings. The second-order valence-electron chi connectivity index (χ2n) is 8.42. The minimum Gasteiger partial charge on any atom is -0.453 e. The Labute approximate surface area is 202 Å². The topological polar surface area (TPSA) is 110 Å². The lowest BCUT2D eigenvalue weighted by Gasteiger charge is -2.24. The standard InChI is InChI=1S/C26H23ClN4O3/c1-34-25(32)31-20-5-2-15(3-6-20)23-11-18(14-29-23)26(33)9-8-16-10-17(13-30-24(16)26)21-12-19(27)4-7-22(21)28/h2-7,10,12-14,33H,8-9,11,28H2,1H3,(H,31,32). The normalized spacial score (nSPS) is 18.8. The van der Waals surface area contributed by atoms with Gasteiger partial charge in [-0.3, -0.25) is 15.3 Å². The predicted molar refractivity (Wildman–Crippen MR) is 133 cm³/mol. The van der Waals surface area contributed by atoms with Crippen molar-refractivity contribution in [3.05, 3.63) is 88.3 Å². The number of nitrogens with two attached hydrogens (primary N) is 1. The van der Waals surface area contributed by atoms with Crippen LogP contribution in [-0.4, -0.2) is 29.0 Å². The van der Waals surface area contributed by atoms with Crippen molar-refractivity contribution in [3.63, 3.8) is 0 Å². The molecule has 1 aliphatic heterocycles.